The van der Waals surface area contributed by atoms with E-state index >= 15 is 0 Å². The van der Waals surface area contributed by atoms with Crippen molar-refractivity contribution in [3.63, 3.8) is 0 Å². The van der Waals surface area contributed by atoms with Crippen LogP contribution in [0.3, 0.4) is 0 Å². The minimum Gasteiger partial charge on any atom is -0.310 e. The van der Waals surface area contributed by atoms with Crippen molar-refractivity contribution in [2.75, 3.05) is 6.26 Å². The van der Waals surface area contributed by atoms with Gasteiger partial charge in [0.05, 0.1) is 5.25 Å². The Morgan fingerprint density at radius 2 is 1.76 bits per heavy atom. The van der Waals surface area contributed by atoms with E-state index in [0.29, 0.717) is 6.04 Å². The Bertz CT molecular complexity index is 352. The fourth-order valence-corrected chi connectivity index (χ4v) is 4.92. The molecule has 0 heterocycles. The Labute approximate surface area is 105 Å². The third-order valence-electron chi connectivity index (χ3n) is 4.39. The molecule has 2 aliphatic carbocycles. The zero-order valence-corrected chi connectivity index (χ0v) is 11.8. The third-order valence-corrected chi connectivity index (χ3v) is 6.05. The molecule has 0 bridgehead atoms. The maximum absolute atomic E-state index is 11.7. The predicted octanol–water partition coefficient (Wildman–Crippen LogP) is 2.12. The lowest BCUT2D eigenvalue weighted by Gasteiger charge is -2.31. The molecule has 0 spiro atoms. The maximum Gasteiger partial charge on any atom is 0.151 e. The summed E-state index contributed by atoms with van der Waals surface area (Å²) in [6, 6.07) is 0.756. The van der Waals surface area contributed by atoms with Crippen LogP contribution < -0.4 is 5.32 Å². The fourth-order valence-electron chi connectivity index (χ4n) is 3.52. The lowest BCUT2D eigenvalue weighted by atomic mass is 9.86. The molecule has 0 aromatic heterocycles. The van der Waals surface area contributed by atoms with Gasteiger partial charge in [0.25, 0.3) is 0 Å². The third kappa shape index (κ3) is 3.44. The fraction of sp³-hybridized carbons (Fsp3) is 1.00. The number of hydrogen-bond acceptors (Lipinski definition) is 3. The van der Waals surface area contributed by atoms with Gasteiger partial charge >= 0.3 is 0 Å². The molecule has 0 aromatic carbocycles. The molecule has 100 valence electrons. The van der Waals surface area contributed by atoms with E-state index < -0.39 is 9.84 Å². The zero-order chi connectivity index (χ0) is 12.5. The van der Waals surface area contributed by atoms with Crippen molar-refractivity contribution in [1.29, 1.82) is 0 Å². The van der Waals surface area contributed by atoms with Crippen molar-refractivity contribution in [2.45, 2.75) is 69.2 Å². The molecule has 4 atom stereocenters. The molecule has 3 nitrogen and oxygen atoms in total. The summed E-state index contributed by atoms with van der Waals surface area (Å²) >= 11 is 0. The average Bonchev–Trinajstić information content (AvgIpc) is 2.65. The van der Waals surface area contributed by atoms with Crippen LogP contribution in [0.5, 0.6) is 0 Å². The van der Waals surface area contributed by atoms with E-state index in [0.717, 1.165) is 25.2 Å². The highest BCUT2D eigenvalue weighted by molar-refractivity contribution is 7.91. The molecule has 0 amide bonds. The molecule has 2 saturated carbocycles. The minimum absolute atomic E-state index is 0.139. The van der Waals surface area contributed by atoms with Gasteiger partial charge in [0.1, 0.15) is 0 Å². The molecule has 0 saturated heterocycles. The Kier molecular flexibility index (Phi) is 4.14. The van der Waals surface area contributed by atoms with Crippen molar-refractivity contribution >= 4 is 9.84 Å². The van der Waals surface area contributed by atoms with Gasteiger partial charge in [-0.3, -0.25) is 0 Å². The van der Waals surface area contributed by atoms with Crippen LogP contribution in [0.4, 0.5) is 0 Å². The molecular formula is C13H25NO2S. The maximum atomic E-state index is 11.7. The highest BCUT2D eigenvalue weighted by atomic mass is 32.2. The highest BCUT2D eigenvalue weighted by Gasteiger charge is 2.36. The van der Waals surface area contributed by atoms with Gasteiger partial charge in [0.2, 0.25) is 0 Å². The molecule has 2 rings (SSSR count). The summed E-state index contributed by atoms with van der Waals surface area (Å²) in [5.41, 5.74) is 0. The highest BCUT2D eigenvalue weighted by Crippen LogP contribution is 2.29. The Morgan fingerprint density at radius 1 is 1.06 bits per heavy atom. The SMILES string of the molecule is CC1CCCC(NC2CCCC2S(C)(=O)=O)C1. The molecule has 1 N–H and O–H groups in total. The molecule has 0 radical (unpaired) electrons. The van der Waals surface area contributed by atoms with Gasteiger partial charge in [-0.2, -0.15) is 0 Å². The Hall–Kier alpha value is -0.0900. The Morgan fingerprint density at radius 3 is 2.41 bits per heavy atom. The largest absolute Gasteiger partial charge is 0.310 e. The van der Waals surface area contributed by atoms with Crippen LogP contribution >= 0.6 is 0 Å². The van der Waals surface area contributed by atoms with Crippen molar-refractivity contribution < 1.29 is 8.42 Å². The summed E-state index contributed by atoms with van der Waals surface area (Å²) < 4.78 is 23.4. The molecule has 2 aliphatic rings. The summed E-state index contributed by atoms with van der Waals surface area (Å²) in [7, 11) is -2.88. The predicted molar refractivity (Wildman–Crippen MR) is 70.8 cm³/mol. The number of nitrogens with one attached hydrogen (secondary N) is 1. The number of rotatable bonds is 3. The smallest absolute Gasteiger partial charge is 0.151 e. The van der Waals surface area contributed by atoms with E-state index in [2.05, 4.69) is 12.2 Å². The first-order valence-electron chi connectivity index (χ1n) is 6.91. The standard InChI is InChI=1S/C13H25NO2S/c1-10-5-3-6-11(9-10)14-12-7-4-8-13(12)17(2,15)16/h10-14H,3-9H2,1-2H3. The zero-order valence-electron chi connectivity index (χ0n) is 11.0. The van der Waals surface area contributed by atoms with E-state index in [1.54, 1.807) is 0 Å². The molecular weight excluding hydrogens is 234 g/mol. The summed E-state index contributed by atoms with van der Waals surface area (Å²) in [6.07, 6.45) is 9.37. The van der Waals surface area contributed by atoms with Crippen LogP contribution in [0.1, 0.15) is 51.9 Å². The summed E-state index contributed by atoms with van der Waals surface area (Å²) in [5, 5.41) is 3.49. The first kappa shape index (κ1) is 13.3. The van der Waals surface area contributed by atoms with Gasteiger partial charge in [-0.05, 0) is 31.6 Å². The summed E-state index contributed by atoms with van der Waals surface area (Å²) in [6.45, 7) is 2.30. The topological polar surface area (TPSA) is 46.2 Å². The quantitative estimate of drug-likeness (QED) is 0.844. The van der Waals surface area contributed by atoms with Crippen LogP contribution in [-0.2, 0) is 9.84 Å². The van der Waals surface area contributed by atoms with E-state index in [1.807, 2.05) is 0 Å². The second-order valence-electron chi connectivity index (χ2n) is 6.04. The van der Waals surface area contributed by atoms with Crippen molar-refractivity contribution in [2.24, 2.45) is 5.92 Å². The second kappa shape index (κ2) is 5.27. The minimum atomic E-state index is -2.88. The second-order valence-corrected chi connectivity index (χ2v) is 8.31. The van der Waals surface area contributed by atoms with Crippen LogP contribution in [0.25, 0.3) is 0 Å². The normalized spacial score (nSPS) is 39.4. The van der Waals surface area contributed by atoms with Gasteiger partial charge in [-0.15, -0.1) is 0 Å². The van der Waals surface area contributed by atoms with Crippen LogP contribution in [-0.4, -0.2) is 32.0 Å². The lowest BCUT2D eigenvalue weighted by Crippen LogP contribution is -2.46. The molecule has 4 unspecified atom stereocenters. The molecule has 4 heteroatoms. The van der Waals surface area contributed by atoms with E-state index in [-0.39, 0.29) is 11.3 Å². The van der Waals surface area contributed by atoms with Gasteiger partial charge in [-0.1, -0.05) is 26.2 Å². The van der Waals surface area contributed by atoms with Crippen LogP contribution in [0, 0.1) is 5.92 Å². The van der Waals surface area contributed by atoms with Gasteiger partial charge in [0.15, 0.2) is 9.84 Å². The number of hydrogen-bond donors (Lipinski definition) is 1. The van der Waals surface area contributed by atoms with Gasteiger partial charge in [0, 0.05) is 18.3 Å². The van der Waals surface area contributed by atoms with Crippen LogP contribution in [0.2, 0.25) is 0 Å². The average molecular weight is 259 g/mol. The molecule has 0 aromatic rings. The molecule has 2 fully saturated rings. The first-order valence-corrected chi connectivity index (χ1v) is 8.87. The first-order chi connectivity index (χ1) is 7.97. The lowest BCUT2D eigenvalue weighted by molar-refractivity contribution is 0.280. The van der Waals surface area contributed by atoms with E-state index in [4.69, 9.17) is 0 Å². The Balaban J connectivity index is 1.93. The van der Waals surface area contributed by atoms with Crippen LogP contribution in [0.15, 0.2) is 0 Å². The summed E-state index contributed by atoms with van der Waals surface area (Å²) in [5.74, 6) is 0.791. The van der Waals surface area contributed by atoms with Crippen molar-refractivity contribution in [3.05, 3.63) is 0 Å². The molecule has 0 aliphatic heterocycles. The van der Waals surface area contributed by atoms with E-state index in [1.165, 1.54) is 31.9 Å². The number of sulfone groups is 1. The van der Waals surface area contributed by atoms with Crippen molar-refractivity contribution in [3.8, 4) is 0 Å². The van der Waals surface area contributed by atoms with Crippen molar-refractivity contribution in [1.82, 2.24) is 5.32 Å². The van der Waals surface area contributed by atoms with E-state index in [9.17, 15) is 8.42 Å². The van der Waals surface area contributed by atoms with Gasteiger partial charge < -0.3 is 5.32 Å². The summed E-state index contributed by atoms with van der Waals surface area (Å²) in [4.78, 5) is 0. The van der Waals surface area contributed by atoms with Gasteiger partial charge in [-0.25, -0.2) is 8.42 Å². The monoisotopic (exact) mass is 259 g/mol. The molecule has 17 heavy (non-hydrogen) atoms.